The molecule has 2 N–H and O–H groups in total. The average Bonchev–Trinajstić information content (AvgIpc) is 2.97. The smallest absolute Gasteiger partial charge is 0.224 e. The molecule has 0 saturated carbocycles. The maximum absolute atomic E-state index is 11.9. The molecule has 1 fully saturated rings. The maximum atomic E-state index is 11.9. The zero-order chi connectivity index (χ0) is 14.2. The summed E-state index contributed by atoms with van der Waals surface area (Å²) in [5, 5.41) is 6.26. The van der Waals surface area contributed by atoms with Crippen LogP contribution < -0.4 is 10.6 Å². The fourth-order valence-corrected chi connectivity index (χ4v) is 2.40. The molecule has 0 aromatic heterocycles. The van der Waals surface area contributed by atoms with Gasteiger partial charge in [-0.1, -0.05) is 19.1 Å². The molecule has 110 valence electrons. The molecule has 1 aromatic rings. The number of nitrogens with one attached hydrogen (secondary N) is 2. The van der Waals surface area contributed by atoms with Crippen molar-refractivity contribution in [3.05, 3.63) is 29.8 Å². The minimum absolute atomic E-state index is 0.0949. The maximum Gasteiger partial charge on any atom is 0.224 e. The second-order valence-corrected chi connectivity index (χ2v) is 5.30. The number of anilines is 1. The fourth-order valence-electron chi connectivity index (χ4n) is 2.40. The Labute approximate surface area is 120 Å². The normalized spacial score (nSPS) is 18.1. The molecule has 1 heterocycles. The van der Waals surface area contributed by atoms with Crippen molar-refractivity contribution >= 4 is 11.6 Å². The minimum Gasteiger partial charge on any atom is -0.381 e. The molecule has 4 nitrogen and oxygen atoms in total. The van der Waals surface area contributed by atoms with E-state index in [0.717, 1.165) is 44.8 Å². The van der Waals surface area contributed by atoms with E-state index in [0.29, 0.717) is 12.3 Å². The average molecular weight is 276 g/mol. The van der Waals surface area contributed by atoms with Gasteiger partial charge in [-0.15, -0.1) is 0 Å². The molecule has 1 aromatic carbocycles. The number of amides is 1. The van der Waals surface area contributed by atoms with Crippen LogP contribution in [0.5, 0.6) is 0 Å². The molecule has 0 bridgehead atoms. The lowest BCUT2D eigenvalue weighted by Crippen LogP contribution is -2.15. The van der Waals surface area contributed by atoms with Gasteiger partial charge in [0.05, 0.1) is 0 Å². The van der Waals surface area contributed by atoms with E-state index < -0.39 is 0 Å². The monoisotopic (exact) mass is 276 g/mol. The Kier molecular flexibility index (Phi) is 6.02. The lowest BCUT2D eigenvalue weighted by atomic mass is 10.0. The van der Waals surface area contributed by atoms with Gasteiger partial charge < -0.3 is 15.4 Å². The highest BCUT2D eigenvalue weighted by Crippen LogP contribution is 2.18. The minimum atomic E-state index is 0.0949. The Hall–Kier alpha value is -1.39. The molecule has 2 rings (SSSR count). The third-order valence-electron chi connectivity index (χ3n) is 3.59. The van der Waals surface area contributed by atoms with E-state index in [9.17, 15) is 4.79 Å². The van der Waals surface area contributed by atoms with Crippen molar-refractivity contribution in [3.8, 4) is 0 Å². The van der Waals surface area contributed by atoms with Gasteiger partial charge in [-0.2, -0.15) is 0 Å². The van der Waals surface area contributed by atoms with Crippen LogP contribution in [0.15, 0.2) is 24.3 Å². The highest BCUT2D eigenvalue weighted by atomic mass is 16.5. The van der Waals surface area contributed by atoms with Crippen LogP contribution in [0.3, 0.4) is 0 Å². The van der Waals surface area contributed by atoms with Crippen LogP contribution in [0.4, 0.5) is 5.69 Å². The third kappa shape index (κ3) is 4.94. The molecule has 1 aliphatic rings. The van der Waals surface area contributed by atoms with E-state index in [1.807, 2.05) is 18.2 Å². The predicted molar refractivity (Wildman–Crippen MR) is 80.6 cm³/mol. The number of hydrogen-bond acceptors (Lipinski definition) is 3. The van der Waals surface area contributed by atoms with E-state index in [2.05, 4.69) is 23.6 Å². The zero-order valence-corrected chi connectivity index (χ0v) is 12.2. The van der Waals surface area contributed by atoms with Crippen LogP contribution in [0.1, 0.15) is 31.7 Å². The summed E-state index contributed by atoms with van der Waals surface area (Å²) in [7, 11) is 0. The second-order valence-electron chi connectivity index (χ2n) is 5.30. The largest absolute Gasteiger partial charge is 0.381 e. The van der Waals surface area contributed by atoms with Crippen molar-refractivity contribution in [2.75, 3.05) is 25.1 Å². The summed E-state index contributed by atoms with van der Waals surface area (Å²) in [6, 6.07) is 8.01. The van der Waals surface area contributed by atoms with Crippen molar-refractivity contribution in [3.63, 3.8) is 0 Å². The summed E-state index contributed by atoms with van der Waals surface area (Å²) in [5.41, 5.74) is 2.07. The van der Waals surface area contributed by atoms with Gasteiger partial charge in [-0.05, 0) is 43.0 Å². The van der Waals surface area contributed by atoms with Crippen molar-refractivity contribution in [2.45, 2.75) is 32.7 Å². The summed E-state index contributed by atoms with van der Waals surface area (Å²) in [4.78, 5) is 11.9. The second kappa shape index (κ2) is 8.02. The number of benzene rings is 1. The molecule has 0 aliphatic carbocycles. The Balaban J connectivity index is 1.77. The summed E-state index contributed by atoms with van der Waals surface area (Å²) < 4.78 is 5.32. The lowest BCUT2D eigenvalue weighted by Gasteiger charge is -2.09. The van der Waals surface area contributed by atoms with Gasteiger partial charge >= 0.3 is 0 Å². The van der Waals surface area contributed by atoms with Gasteiger partial charge in [-0.25, -0.2) is 0 Å². The molecule has 1 atom stereocenters. The van der Waals surface area contributed by atoms with Crippen LogP contribution in [-0.4, -0.2) is 25.7 Å². The summed E-state index contributed by atoms with van der Waals surface area (Å²) in [6.07, 6.45) is 2.58. The van der Waals surface area contributed by atoms with Crippen LogP contribution in [0.25, 0.3) is 0 Å². The van der Waals surface area contributed by atoms with E-state index in [1.54, 1.807) is 0 Å². The zero-order valence-electron chi connectivity index (χ0n) is 12.2. The summed E-state index contributed by atoms with van der Waals surface area (Å²) in [6.45, 7) is 5.52. The molecule has 1 unspecified atom stereocenters. The molecular formula is C16H24N2O2. The Bertz CT molecular complexity index is 428. The standard InChI is InChI=1S/C16H24N2O2/c1-2-17-11-14-4-3-5-15(10-14)18-16(19)7-6-13-8-9-20-12-13/h3-5,10,13,17H,2,6-9,11-12H2,1H3,(H,18,19). The van der Waals surface area contributed by atoms with Crippen molar-refractivity contribution < 1.29 is 9.53 Å². The Morgan fingerprint density at radius 1 is 1.45 bits per heavy atom. The molecule has 4 heteroatoms. The van der Waals surface area contributed by atoms with Crippen LogP contribution in [0.2, 0.25) is 0 Å². The molecule has 1 amide bonds. The van der Waals surface area contributed by atoms with E-state index in [1.165, 1.54) is 5.56 Å². The van der Waals surface area contributed by atoms with Gasteiger partial charge in [0.25, 0.3) is 0 Å². The van der Waals surface area contributed by atoms with Crippen LogP contribution >= 0.6 is 0 Å². The number of rotatable bonds is 7. The number of carbonyl (C=O) groups excluding carboxylic acids is 1. The number of ether oxygens (including phenoxy) is 1. The first-order valence-electron chi connectivity index (χ1n) is 7.45. The molecule has 0 spiro atoms. The quantitative estimate of drug-likeness (QED) is 0.804. The number of hydrogen-bond donors (Lipinski definition) is 2. The van der Waals surface area contributed by atoms with Crippen LogP contribution in [0, 0.1) is 5.92 Å². The molecule has 1 aliphatic heterocycles. The first-order valence-corrected chi connectivity index (χ1v) is 7.45. The predicted octanol–water partition coefficient (Wildman–Crippen LogP) is 2.55. The molecular weight excluding hydrogens is 252 g/mol. The van der Waals surface area contributed by atoms with Gasteiger partial charge in [0.15, 0.2) is 0 Å². The highest BCUT2D eigenvalue weighted by molar-refractivity contribution is 5.90. The summed E-state index contributed by atoms with van der Waals surface area (Å²) >= 11 is 0. The highest BCUT2D eigenvalue weighted by Gasteiger charge is 2.16. The van der Waals surface area contributed by atoms with E-state index in [4.69, 9.17) is 4.74 Å². The summed E-state index contributed by atoms with van der Waals surface area (Å²) in [5.74, 6) is 0.651. The van der Waals surface area contributed by atoms with Crippen molar-refractivity contribution in [2.24, 2.45) is 5.92 Å². The Morgan fingerprint density at radius 3 is 3.10 bits per heavy atom. The first-order chi connectivity index (χ1) is 9.78. The van der Waals surface area contributed by atoms with Crippen molar-refractivity contribution in [1.82, 2.24) is 5.32 Å². The lowest BCUT2D eigenvalue weighted by molar-refractivity contribution is -0.116. The number of carbonyl (C=O) groups is 1. The van der Waals surface area contributed by atoms with Gasteiger partial charge in [0, 0.05) is 31.9 Å². The Morgan fingerprint density at radius 2 is 2.35 bits per heavy atom. The van der Waals surface area contributed by atoms with Crippen LogP contribution in [-0.2, 0) is 16.1 Å². The van der Waals surface area contributed by atoms with E-state index >= 15 is 0 Å². The van der Waals surface area contributed by atoms with Gasteiger partial charge in [-0.3, -0.25) is 4.79 Å². The SMILES string of the molecule is CCNCc1cccc(NC(=O)CCC2CCOC2)c1. The van der Waals surface area contributed by atoms with Gasteiger partial charge in [0.1, 0.15) is 0 Å². The topological polar surface area (TPSA) is 50.4 Å². The molecule has 20 heavy (non-hydrogen) atoms. The fraction of sp³-hybridized carbons (Fsp3) is 0.562. The molecule has 0 radical (unpaired) electrons. The van der Waals surface area contributed by atoms with Gasteiger partial charge in [0.2, 0.25) is 5.91 Å². The third-order valence-corrected chi connectivity index (χ3v) is 3.59. The molecule has 1 saturated heterocycles. The van der Waals surface area contributed by atoms with Crippen molar-refractivity contribution in [1.29, 1.82) is 0 Å². The first kappa shape index (κ1) is 15.0. The van der Waals surface area contributed by atoms with E-state index in [-0.39, 0.29) is 5.91 Å².